The van der Waals surface area contributed by atoms with E-state index >= 15 is 0 Å². The summed E-state index contributed by atoms with van der Waals surface area (Å²) in [6.07, 6.45) is -4.63. The van der Waals surface area contributed by atoms with Crippen LogP contribution in [0.2, 0.25) is 10.0 Å². The van der Waals surface area contributed by atoms with Crippen LogP contribution in [0.3, 0.4) is 0 Å². The number of aromatic hydroxyl groups is 1. The average Bonchev–Trinajstić information content (AvgIpc) is 1.94. The van der Waals surface area contributed by atoms with Gasteiger partial charge in [-0.3, -0.25) is 0 Å². The van der Waals surface area contributed by atoms with Crippen LogP contribution in [0, 0.1) is 0 Å². The minimum atomic E-state index is -4.63. The van der Waals surface area contributed by atoms with Gasteiger partial charge in [-0.1, -0.05) is 23.2 Å². The van der Waals surface area contributed by atoms with Crippen LogP contribution in [0.4, 0.5) is 13.2 Å². The van der Waals surface area contributed by atoms with Crippen LogP contribution in [-0.2, 0) is 6.18 Å². The second-order valence-electron chi connectivity index (χ2n) is 2.28. The molecule has 0 spiro atoms. The van der Waals surface area contributed by atoms with Crippen LogP contribution in [0.25, 0.3) is 0 Å². The van der Waals surface area contributed by atoms with Gasteiger partial charge < -0.3 is 5.11 Å². The third-order valence-electron chi connectivity index (χ3n) is 1.34. The van der Waals surface area contributed by atoms with Gasteiger partial charge in [-0.05, 0) is 6.07 Å². The molecule has 0 saturated heterocycles. The van der Waals surface area contributed by atoms with E-state index in [0.29, 0.717) is 6.07 Å². The lowest BCUT2D eigenvalue weighted by molar-refractivity contribution is -0.138. The number of halogens is 5. The van der Waals surface area contributed by atoms with Crippen LogP contribution in [0.1, 0.15) is 5.56 Å². The van der Waals surface area contributed by atoms with Crippen LogP contribution < -0.4 is 0 Å². The number of alkyl halides is 3. The topological polar surface area (TPSA) is 20.2 Å². The third-order valence-corrected chi connectivity index (χ3v) is 2.07. The van der Waals surface area contributed by atoms with E-state index in [1.165, 1.54) is 0 Å². The normalized spacial score (nSPS) is 11.8. The van der Waals surface area contributed by atoms with E-state index in [4.69, 9.17) is 28.3 Å². The molecule has 0 amide bonds. The summed E-state index contributed by atoms with van der Waals surface area (Å²) >= 11 is 10.7. The van der Waals surface area contributed by atoms with Gasteiger partial charge in [0.25, 0.3) is 0 Å². The molecule has 0 aliphatic carbocycles. The predicted molar refractivity (Wildman–Crippen MR) is 43.1 cm³/mol. The molecule has 0 aliphatic rings. The highest BCUT2D eigenvalue weighted by Crippen LogP contribution is 2.39. The molecule has 1 N–H and O–H groups in total. The Balaban J connectivity index is 3.32. The predicted octanol–water partition coefficient (Wildman–Crippen LogP) is 3.72. The summed E-state index contributed by atoms with van der Waals surface area (Å²) in [5.74, 6) is -0.929. The molecule has 0 aromatic heterocycles. The molecule has 0 saturated carbocycles. The van der Waals surface area contributed by atoms with Gasteiger partial charge >= 0.3 is 6.18 Å². The molecule has 0 fully saturated rings. The Morgan fingerprint density at radius 2 is 1.54 bits per heavy atom. The standard InChI is InChI=1S/C7H3Cl2F3O/c8-4-1-3(7(10,11)12)6(13)2-5(4)9/h1-2,13H. The maximum atomic E-state index is 12.1. The molecule has 0 bridgehead atoms. The molecule has 1 rings (SSSR count). The molecular formula is C7H3Cl2F3O. The Hall–Kier alpha value is -0.610. The Morgan fingerprint density at radius 3 is 2.00 bits per heavy atom. The third kappa shape index (κ3) is 2.19. The van der Waals surface area contributed by atoms with Crippen molar-refractivity contribution in [1.29, 1.82) is 0 Å². The Morgan fingerprint density at radius 1 is 1.08 bits per heavy atom. The summed E-state index contributed by atoms with van der Waals surface area (Å²) < 4.78 is 36.3. The first kappa shape index (κ1) is 10.5. The molecular weight excluding hydrogens is 228 g/mol. The minimum absolute atomic E-state index is 0.118. The van der Waals surface area contributed by atoms with E-state index in [2.05, 4.69) is 0 Å². The van der Waals surface area contributed by atoms with Gasteiger partial charge in [0.15, 0.2) is 0 Å². The summed E-state index contributed by atoms with van der Waals surface area (Å²) in [5.41, 5.74) is -1.19. The first-order valence-electron chi connectivity index (χ1n) is 3.07. The van der Waals surface area contributed by atoms with Gasteiger partial charge in [0, 0.05) is 6.07 Å². The quantitative estimate of drug-likeness (QED) is 0.721. The molecule has 72 valence electrons. The average molecular weight is 231 g/mol. The van der Waals surface area contributed by atoms with Gasteiger partial charge in [-0.25, -0.2) is 0 Å². The molecule has 0 radical (unpaired) electrons. The molecule has 0 heterocycles. The van der Waals surface area contributed by atoms with Gasteiger partial charge in [0.2, 0.25) is 0 Å². The number of hydrogen-bond acceptors (Lipinski definition) is 1. The van der Waals surface area contributed by atoms with E-state index in [1.54, 1.807) is 0 Å². The highest BCUT2D eigenvalue weighted by molar-refractivity contribution is 6.42. The number of benzene rings is 1. The zero-order valence-electron chi connectivity index (χ0n) is 5.99. The van der Waals surface area contributed by atoms with E-state index < -0.39 is 17.5 Å². The van der Waals surface area contributed by atoms with E-state index in [1.807, 2.05) is 0 Å². The monoisotopic (exact) mass is 230 g/mol. The van der Waals surface area contributed by atoms with Crippen LogP contribution in [0.15, 0.2) is 12.1 Å². The van der Waals surface area contributed by atoms with Gasteiger partial charge in [-0.2, -0.15) is 13.2 Å². The Labute approximate surface area is 81.7 Å². The van der Waals surface area contributed by atoms with Gasteiger partial charge in [0.05, 0.1) is 15.6 Å². The fourth-order valence-electron chi connectivity index (χ4n) is 0.763. The fraction of sp³-hybridized carbons (Fsp3) is 0.143. The second kappa shape index (κ2) is 3.27. The van der Waals surface area contributed by atoms with Crippen molar-refractivity contribution in [2.45, 2.75) is 6.18 Å². The Kier molecular flexibility index (Phi) is 2.63. The zero-order chi connectivity index (χ0) is 10.2. The van der Waals surface area contributed by atoms with Crippen LogP contribution in [-0.4, -0.2) is 5.11 Å². The van der Waals surface area contributed by atoms with Crippen molar-refractivity contribution in [3.05, 3.63) is 27.7 Å². The first-order chi connectivity index (χ1) is 5.82. The van der Waals surface area contributed by atoms with Crippen LogP contribution >= 0.6 is 23.2 Å². The molecule has 6 heteroatoms. The SMILES string of the molecule is Oc1cc(Cl)c(Cl)cc1C(F)(F)F. The molecule has 0 unspecified atom stereocenters. The summed E-state index contributed by atoms with van der Waals surface area (Å²) in [5, 5.41) is 8.53. The lowest BCUT2D eigenvalue weighted by Crippen LogP contribution is -2.05. The van der Waals surface area contributed by atoms with Crippen molar-refractivity contribution in [1.82, 2.24) is 0 Å². The molecule has 1 nitrogen and oxygen atoms in total. The Bertz CT molecular complexity index is 335. The lowest BCUT2D eigenvalue weighted by Gasteiger charge is -2.09. The zero-order valence-corrected chi connectivity index (χ0v) is 7.50. The number of rotatable bonds is 0. The summed E-state index contributed by atoms with van der Waals surface area (Å²) in [7, 11) is 0. The molecule has 1 aromatic carbocycles. The number of phenols is 1. The largest absolute Gasteiger partial charge is 0.507 e. The van der Waals surface area contributed by atoms with Crippen molar-refractivity contribution in [3.63, 3.8) is 0 Å². The summed E-state index contributed by atoms with van der Waals surface area (Å²) in [6.45, 7) is 0. The highest BCUT2D eigenvalue weighted by Gasteiger charge is 2.34. The van der Waals surface area contributed by atoms with Crippen molar-refractivity contribution >= 4 is 23.2 Å². The second-order valence-corrected chi connectivity index (χ2v) is 3.10. The van der Waals surface area contributed by atoms with E-state index in [-0.39, 0.29) is 10.0 Å². The van der Waals surface area contributed by atoms with Gasteiger partial charge in [-0.15, -0.1) is 0 Å². The molecule has 13 heavy (non-hydrogen) atoms. The van der Waals surface area contributed by atoms with E-state index in [0.717, 1.165) is 6.07 Å². The molecule has 0 aliphatic heterocycles. The lowest BCUT2D eigenvalue weighted by atomic mass is 10.2. The fourth-order valence-corrected chi connectivity index (χ4v) is 1.08. The maximum absolute atomic E-state index is 12.1. The van der Waals surface area contributed by atoms with E-state index in [9.17, 15) is 13.2 Å². The molecule has 0 atom stereocenters. The summed E-state index contributed by atoms with van der Waals surface area (Å²) in [6, 6.07) is 1.34. The molecule has 1 aromatic rings. The van der Waals surface area contributed by atoms with Crippen LogP contribution in [0.5, 0.6) is 5.75 Å². The smallest absolute Gasteiger partial charge is 0.420 e. The minimum Gasteiger partial charge on any atom is -0.507 e. The first-order valence-corrected chi connectivity index (χ1v) is 3.83. The highest BCUT2D eigenvalue weighted by atomic mass is 35.5. The number of hydrogen-bond donors (Lipinski definition) is 1. The summed E-state index contributed by atoms with van der Waals surface area (Å²) in [4.78, 5) is 0. The van der Waals surface area contributed by atoms with Crippen molar-refractivity contribution in [2.24, 2.45) is 0 Å². The number of phenolic OH excluding ortho intramolecular Hbond substituents is 1. The van der Waals surface area contributed by atoms with Crippen molar-refractivity contribution in [3.8, 4) is 5.75 Å². The van der Waals surface area contributed by atoms with Crippen molar-refractivity contribution in [2.75, 3.05) is 0 Å². The van der Waals surface area contributed by atoms with Gasteiger partial charge in [0.1, 0.15) is 5.75 Å². The maximum Gasteiger partial charge on any atom is 0.420 e. The van der Waals surface area contributed by atoms with Crippen molar-refractivity contribution < 1.29 is 18.3 Å².